The Kier molecular flexibility index (Phi) is 4.93. The van der Waals surface area contributed by atoms with Gasteiger partial charge in [-0.15, -0.1) is 0 Å². The lowest BCUT2D eigenvalue weighted by Crippen LogP contribution is -2.33. The molecule has 23 heavy (non-hydrogen) atoms. The Bertz CT molecular complexity index is 720. The van der Waals surface area contributed by atoms with Crippen LogP contribution in [0.15, 0.2) is 54.9 Å². The minimum Gasteiger partial charge on any atom is -0.487 e. The standard InChI is InChI=1S/C17H20N2O3S/c20-23(21,12-9-15-5-2-1-3-6-15)19-11-8-17(14-19)22-16-7-4-10-18-13-16/h1-7,10,13,17H,8-9,11-12,14H2. The lowest BCUT2D eigenvalue weighted by Gasteiger charge is -2.17. The summed E-state index contributed by atoms with van der Waals surface area (Å²) in [5.41, 5.74) is 1.04. The minimum atomic E-state index is -3.25. The second-order valence-corrected chi connectivity index (χ2v) is 7.72. The van der Waals surface area contributed by atoms with Crippen molar-refractivity contribution in [2.24, 2.45) is 0 Å². The van der Waals surface area contributed by atoms with Gasteiger partial charge in [-0.05, 0) is 30.5 Å². The predicted molar refractivity (Wildman–Crippen MR) is 88.8 cm³/mol. The summed E-state index contributed by atoms with van der Waals surface area (Å²) < 4.78 is 32.3. The van der Waals surface area contributed by atoms with Crippen LogP contribution in [-0.4, -0.2) is 42.7 Å². The molecule has 1 atom stereocenters. The molecule has 2 heterocycles. The van der Waals surface area contributed by atoms with Gasteiger partial charge in [0.25, 0.3) is 0 Å². The van der Waals surface area contributed by atoms with E-state index in [4.69, 9.17) is 4.74 Å². The van der Waals surface area contributed by atoms with Gasteiger partial charge in [0.05, 0.1) is 18.5 Å². The van der Waals surface area contributed by atoms with Gasteiger partial charge in [-0.3, -0.25) is 4.98 Å². The maximum absolute atomic E-state index is 12.5. The first-order valence-electron chi connectivity index (χ1n) is 7.72. The summed E-state index contributed by atoms with van der Waals surface area (Å²) in [6.45, 7) is 0.925. The van der Waals surface area contributed by atoms with E-state index in [0.717, 1.165) is 5.56 Å². The van der Waals surface area contributed by atoms with Crippen LogP contribution in [0.5, 0.6) is 5.75 Å². The molecule has 1 unspecified atom stereocenters. The van der Waals surface area contributed by atoms with Crippen molar-refractivity contribution in [3.05, 3.63) is 60.4 Å². The highest BCUT2D eigenvalue weighted by Gasteiger charge is 2.32. The highest BCUT2D eigenvalue weighted by Crippen LogP contribution is 2.20. The molecule has 3 rings (SSSR count). The largest absolute Gasteiger partial charge is 0.487 e. The Morgan fingerprint density at radius 3 is 2.74 bits per heavy atom. The van der Waals surface area contributed by atoms with Crippen LogP contribution in [0.4, 0.5) is 0 Å². The van der Waals surface area contributed by atoms with E-state index in [1.165, 1.54) is 4.31 Å². The molecule has 6 heteroatoms. The van der Waals surface area contributed by atoms with E-state index in [2.05, 4.69) is 4.98 Å². The topological polar surface area (TPSA) is 59.5 Å². The van der Waals surface area contributed by atoms with Crippen LogP contribution in [-0.2, 0) is 16.4 Å². The van der Waals surface area contributed by atoms with Crippen LogP contribution in [0, 0.1) is 0 Å². The van der Waals surface area contributed by atoms with Gasteiger partial charge in [0.15, 0.2) is 0 Å². The lowest BCUT2D eigenvalue weighted by atomic mass is 10.2. The zero-order valence-electron chi connectivity index (χ0n) is 12.8. The van der Waals surface area contributed by atoms with Crippen LogP contribution in [0.25, 0.3) is 0 Å². The number of sulfonamides is 1. The first-order chi connectivity index (χ1) is 11.1. The molecule has 1 aromatic heterocycles. The van der Waals surface area contributed by atoms with Crippen LogP contribution < -0.4 is 4.74 Å². The summed E-state index contributed by atoms with van der Waals surface area (Å²) in [5, 5.41) is 0. The van der Waals surface area contributed by atoms with Crippen molar-refractivity contribution >= 4 is 10.0 Å². The van der Waals surface area contributed by atoms with E-state index in [0.29, 0.717) is 31.7 Å². The average molecular weight is 332 g/mol. The molecule has 0 N–H and O–H groups in total. The number of rotatable bonds is 6. The normalized spacial score (nSPS) is 18.9. The molecule has 0 saturated carbocycles. The highest BCUT2D eigenvalue weighted by atomic mass is 32.2. The van der Waals surface area contributed by atoms with Crippen molar-refractivity contribution in [3.8, 4) is 5.75 Å². The second kappa shape index (κ2) is 7.10. The monoisotopic (exact) mass is 332 g/mol. The Morgan fingerprint density at radius 2 is 2.00 bits per heavy atom. The fourth-order valence-corrected chi connectivity index (χ4v) is 4.21. The van der Waals surface area contributed by atoms with Gasteiger partial charge in [0.2, 0.25) is 10.0 Å². The van der Waals surface area contributed by atoms with Crippen molar-refractivity contribution in [3.63, 3.8) is 0 Å². The zero-order valence-corrected chi connectivity index (χ0v) is 13.7. The van der Waals surface area contributed by atoms with Gasteiger partial charge in [-0.2, -0.15) is 4.31 Å². The molecular weight excluding hydrogens is 312 g/mol. The van der Waals surface area contributed by atoms with Gasteiger partial charge in [-0.1, -0.05) is 30.3 Å². The molecule has 1 aliphatic rings. The van der Waals surface area contributed by atoms with Crippen molar-refractivity contribution in [2.75, 3.05) is 18.8 Å². The van der Waals surface area contributed by atoms with E-state index in [-0.39, 0.29) is 11.9 Å². The van der Waals surface area contributed by atoms with E-state index in [9.17, 15) is 8.42 Å². The van der Waals surface area contributed by atoms with Gasteiger partial charge < -0.3 is 4.74 Å². The molecule has 2 aromatic rings. The molecule has 1 aromatic carbocycles. The molecule has 1 aliphatic heterocycles. The third-order valence-corrected chi connectivity index (χ3v) is 5.77. The molecule has 0 spiro atoms. The third kappa shape index (κ3) is 4.30. The Balaban J connectivity index is 1.55. The van der Waals surface area contributed by atoms with Crippen LogP contribution >= 0.6 is 0 Å². The van der Waals surface area contributed by atoms with Gasteiger partial charge >= 0.3 is 0 Å². The van der Waals surface area contributed by atoms with Crippen molar-refractivity contribution in [1.82, 2.24) is 9.29 Å². The maximum Gasteiger partial charge on any atom is 0.214 e. The Hall–Kier alpha value is -1.92. The summed E-state index contributed by atoms with van der Waals surface area (Å²) in [4.78, 5) is 4.00. The number of hydrogen-bond donors (Lipinski definition) is 0. The van der Waals surface area contributed by atoms with Gasteiger partial charge in [-0.25, -0.2) is 8.42 Å². The fraction of sp³-hybridized carbons (Fsp3) is 0.353. The number of aromatic nitrogens is 1. The Morgan fingerprint density at radius 1 is 1.17 bits per heavy atom. The second-order valence-electron chi connectivity index (χ2n) is 5.63. The predicted octanol–water partition coefficient (Wildman–Crippen LogP) is 2.11. The fourth-order valence-electron chi connectivity index (χ4n) is 2.68. The van der Waals surface area contributed by atoms with E-state index >= 15 is 0 Å². The van der Waals surface area contributed by atoms with E-state index < -0.39 is 10.0 Å². The van der Waals surface area contributed by atoms with Gasteiger partial charge in [0.1, 0.15) is 11.9 Å². The molecular formula is C17H20N2O3S. The molecule has 5 nitrogen and oxygen atoms in total. The first-order valence-corrected chi connectivity index (χ1v) is 9.33. The van der Waals surface area contributed by atoms with Gasteiger partial charge in [0, 0.05) is 12.7 Å². The maximum atomic E-state index is 12.5. The summed E-state index contributed by atoms with van der Waals surface area (Å²) in [6, 6.07) is 13.3. The number of pyridine rings is 1. The third-order valence-electron chi connectivity index (χ3n) is 3.93. The lowest BCUT2D eigenvalue weighted by molar-refractivity contribution is 0.214. The number of aryl methyl sites for hydroxylation is 1. The summed E-state index contributed by atoms with van der Waals surface area (Å²) >= 11 is 0. The quantitative estimate of drug-likeness (QED) is 0.813. The Labute approximate surface area is 137 Å². The smallest absolute Gasteiger partial charge is 0.214 e. The molecule has 0 radical (unpaired) electrons. The average Bonchev–Trinajstić information content (AvgIpc) is 3.04. The van der Waals surface area contributed by atoms with E-state index in [1.54, 1.807) is 18.5 Å². The van der Waals surface area contributed by atoms with Crippen molar-refractivity contribution in [1.29, 1.82) is 0 Å². The number of nitrogens with zero attached hydrogens (tertiary/aromatic N) is 2. The summed E-state index contributed by atoms with van der Waals surface area (Å²) in [7, 11) is -3.25. The summed E-state index contributed by atoms with van der Waals surface area (Å²) in [5.74, 6) is 0.817. The van der Waals surface area contributed by atoms with Crippen LogP contribution in [0.3, 0.4) is 0 Å². The number of hydrogen-bond acceptors (Lipinski definition) is 4. The first kappa shape index (κ1) is 16.0. The summed E-state index contributed by atoms with van der Waals surface area (Å²) in [6.07, 6.45) is 4.47. The SMILES string of the molecule is O=S(=O)(CCc1ccccc1)N1CCC(Oc2cccnc2)C1. The van der Waals surface area contributed by atoms with Crippen molar-refractivity contribution in [2.45, 2.75) is 18.9 Å². The minimum absolute atomic E-state index is 0.106. The molecule has 0 amide bonds. The highest BCUT2D eigenvalue weighted by molar-refractivity contribution is 7.89. The number of benzene rings is 1. The zero-order chi connectivity index (χ0) is 16.1. The molecule has 122 valence electrons. The van der Waals surface area contributed by atoms with E-state index in [1.807, 2.05) is 36.4 Å². The van der Waals surface area contributed by atoms with Crippen molar-refractivity contribution < 1.29 is 13.2 Å². The number of ether oxygens (including phenoxy) is 1. The molecule has 1 fully saturated rings. The molecule has 0 bridgehead atoms. The van der Waals surface area contributed by atoms with Crippen LogP contribution in [0.1, 0.15) is 12.0 Å². The molecule has 0 aliphatic carbocycles. The van der Waals surface area contributed by atoms with Crippen LogP contribution in [0.2, 0.25) is 0 Å². The molecule has 1 saturated heterocycles.